The van der Waals surface area contributed by atoms with Gasteiger partial charge in [-0.05, 0) is 37.1 Å². The van der Waals surface area contributed by atoms with Gasteiger partial charge in [-0.15, -0.1) is 0 Å². The molecule has 4 heteroatoms. The van der Waals surface area contributed by atoms with Crippen molar-refractivity contribution in [1.82, 2.24) is 0 Å². The summed E-state index contributed by atoms with van der Waals surface area (Å²) in [6, 6.07) is 4.34. The van der Waals surface area contributed by atoms with E-state index in [0.717, 1.165) is 17.7 Å². The first-order valence-corrected chi connectivity index (χ1v) is 5.27. The Hall–Kier alpha value is -1.71. The zero-order valence-electron chi connectivity index (χ0n) is 9.33. The molecule has 0 radical (unpaired) electrons. The van der Waals surface area contributed by atoms with E-state index in [1.54, 1.807) is 13.0 Å². The first-order chi connectivity index (χ1) is 7.61. The molecule has 0 saturated heterocycles. The molecule has 0 fully saturated rings. The second-order valence-corrected chi connectivity index (χ2v) is 3.83. The van der Waals surface area contributed by atoms with Crippen LogP contribution in [0.15, 0.2) is 23.3 Å². The molecule has 84 valence electrons. The van der Waals surface area contributed by atoms with E-state index < -0.39 is 0 Å². The Morgan fingerprint density at radius 2 is 2.25 bits per heavy atom. The molecule has 1 aliphatic heterocycles. The van der Waals surface area contributed by atoms with Gasteiger partial charge in [-0.1, -0.05) is 6.92 Å². The fourth-order valence-corrected chi connectivity index (χ4v) is 1.72. The highest BCUT2D eigenvalue weighted by atomic mass is 19.1. The highest BCUT2D eigenvalue weighted by Crippen LogP contribution is 2.25. The predicted molar refractivity (Wildman–Crippen MR) is 61.0 cm³/mol. The Labute approximate surface area is 93.6 Å². The molecule has 1 amide bonds. The molecule has 3 nitrogen and oxygen atoms in total. The first-order valence-electron chi connectivity index (χ1n) is 5.27. The molecule has 0 aromatic heterocycles. The fraction of sp³-hybridized carbons (Fsp3) is 0.333. The van der Waals surface area contributed by atoms with Crippen LogP contribution in [0.3, 0.4) is 0 Å². The van der Waals surface area contributed by atoms with Crippen molar-refractivity contribution in [2.45, 2.75) is 26.7 Å². The number of halogens is 1. The SMILES string of the molecule is CCC1=NN(c2ccc(F)cc2C)C(=O)C1. The molecule has 0 N–H and O–H groups in total. The largest absolute Gasteiger partial charge is 0.272 e. The number of hydrazone groups is 1. The Morgan fingerprint density at radius 3 is 2.81 bits per heavy atom. The number of hydrogen-bond donors (Lipinski definition) is 0. The summed E-state index contributed by atoms with van der Waals surface area (Å²) in [5, 5.41) is 5.59. The van der Waals surface area contributed by atoms with Gasteiger partial charge in [0.2, 0.25) is 0 Å². The summed E-state index contributed by atoms with van der Waals surface area (Å²) in [4.78, 5) is 11.7. The van der Waals surface area contributed by atoms with E-state index in [9.17, 15) is 9.18 Å². The molecule has 16 heavy (non-hydrogen) atoms. The third-order valence-electron chi connectivity index (χ3n) is 2.63. The number of carbonyl (C=O) groups is 1. The molecule has 1 aliphatic rings. The maximum atomic E-state index is 12.9. The van der Waals surface area contributed by atoms with Crippen LogP contribution in [0.2, 0.25) is 0 Å². The molecule has 2 rings (SSSR count). The van der Waals surface area contributed by atoms with E-state index in [1.165, 1.54) is 17.1 Å². The molecule has 0 aliphatic carbocycles. The predicted octanol–water partition coefficient (Wildman–Crippen LogP) is 2.64. The van der Waals surface area contributed by atoms with Crippen LogP contribution in [0.4, 0.5) is 10.1 Å². The Morgan fingerprint density at radius 1 is 1.50 bits per heavy atom. The highest BCUT2D eigenvalue weighted by molar-refractivity contribution is 6.13. The lowest BCUT2D eigenvalue weighted by molar-refractivity contribution is -0.116. The number of hydrogen-bond acceptors (Lipinski definition) is 2. The summed E-state index contributed by atoms with van der Waals surface area (Å²) >= 11 is 0. The van der Waals surface area contributed by atoms with Crippen molar-refractivity contribution in [1.29, 1.82) is 0 Å². The van der Waals surface area contributed by atoms with Crippen LogP contribution in [0.1, 0.15) is 25.3 Å². The van der Waals surface area contributed by atoms with E-state index >= 15 is 0 Å². The minimum Gasteiger partial charge on any atom is -0.272 e. The number of nitrogens with zero attached hydrogens (tertiary/aromatic N) is 2. The van der Waals surface area contributed by atoms with E-state index in [4.69, 9.17) is 0 Å². The second kappa shape index (κ2) is 4.04. The first kappa shape index (κ1) is 10.8. The third-order valence-corrected chi connectivity index (χ3v) is 2.63. The van der Waals surface area contributed by atoms with Gasteiger partial charge in [0, 0.05) is 5.71 Å². The van der Waals surface area contributed by atoms with E-state index in [1.807, 2.05) is 6.92 Å². The van der Waals surface area contributed by atoms with Crippen molar-refractivity contribution in [3.63, 3.8) is 0 Å². The zero-order valence-corrected chi connectivity index (χ0v) is 9.33. The van der Waals surface area contributed by atoms with Gasteiger partial charge < -0.3 is 0 Å². The summed E-state index contributed by atoms with van der Waals surface area (Å²) < 4.78 is 12.9. The van der Waals surface area contributed by atoms with Crippen LogP contribution in [0.5, 0.6) is 0 Å². The topological polar surface area (TPSA) is 32.7 Å². The lowest BCUT2D eigenvalue weighted by Crippen LogP contribution is -2.20. The van der Waals surface area contributed by atoms with Gasteiger partial charge in [-0.25, -0.2) is 9.40 Å². The van der Waals surface area contributed by atoms with E-state index in [0.29, 0.717) is 12.1 Å². The van der Waals surface area contributed by atoms with E-state index in [-0.39, 0.29) is 11.7 Å². The van der Waals surface area contributed by atoms with E-state index in [2.05, 4.69) is 5.10 Å². The van der Waals surface area contributed by atoms with Gasteiger partial charge in [0.05, 0.1) is 12.1 Å². The molecular weight excluding hydrogens is 207 g/mol. The van der Waals surface area contributed by atoms with Crippen LogP contribution in [-0.2, 0) is 4.79 Å². The van der Waals surface area contributed by atoms with Crippen LogP contribution in [0, 0.1) is 12.7 Å². The molecule has 0 unspecified atom stereocenters. The summed E-state index contributed by atoms with van der Waals surface area (Å²) in [5.74, 6) is -0.348. The standard InChI is InChI=1S/C12H13FN2O/c1-3-10-7-12(16)15(14-10)11-5-4-9(13)6-8(11)2/h4-6H,3,7H2,1-2H3. The highest BCUT2D eigenvalue weighted by Gasteiger charge is 2.25. The molecular formula is C12H13FN2O. The second-order valence-electron chi connectivity index (χ2n) is 3.83. The number of anilines is 1. The lowest BCUT2D eigenvalue weighted by atomic mass is 10.2. The lowest BCUT2D eigenvalue weighted by Gasteiger charge is -2.14. The molecule has 0 bridgehead atoms. The van der Waals surface area contributed by atoms with Crippen LogP contribution in [-0.4, -0.2) is 11.6 Å². The molecule has 0 atom stereocenters. The Bertz CT molecular complexity index is 468. The molecule has 0 saturated carbocycles. The van der Waals surface area contributed by atoms with Crippen molar-refractivity contribution in [3.05, 3.63) is 29.6 Å². The van der Waals surface area contributed by atoms with Gasteiger partial charge in [0.1, 0.15) is 5.82 Å². The van der Waals surface area contributed by atoms with Crippen molar-refractivity contribution in [3.8, 4) is 0 Å². The minimum atomic E-state index is -0.299. The number of carbonyl (C=O) groups excluding carboxylic acids is 1. The van der Waals surface area contributed by atoms with Crippen molar-refractivity contribution in [2.75, 3.05) is 5.01 Å². The Balaban J connectivity index is 2.38. The van der Waals surface area contributed by atoms with Gasteiger partial charge in [-0.3, -0.25) is 4.79 Å². The molecule has 1 heterocycles. The van der Waals surface area contributed by atoms with Gasteiger partial charge in [0.15, 0.2) is 0 Å². The average molecular weight is 220 g/mol. The maximum absolute atomic E-state index is 12.9. The number of rotatable bonds is 2. The number of benzene rings is 1. The normalized spacial score (nSPS) is 15.6. The molecule has 1 aromatic rings. The molecule has 0 spiro atoms. The van der Waals surface area contributed by atoms with Gasteiger partial charge in [0.25, 0.3) is 5.91 Å². The minimum absolute atomic E-state index is 0.0495. The molecule has 1 aromatic carbocycles. The summed E-state index contributed by atoms with van der Waals surface area (Å²) in [6.07, 6.45) is 1.13. The average Bonchev–Trinajstić information content (AvgIpc) is 2.60. The third kappa shape index (κ3) is 1.83. The maximum Gasteiger partial charge on any atom is 0.253 e. The number of aryl methyl sites for hydroxylation is 1. The smallest absolute Gasteiger partial charge is 0.253 e. The fourth-order valence-electron chi connectivity index (χ4n) is 1.72. The van der Waals surface area contributed by atoms with Crippen LogP contribution < -0.4 is 5.01 Å². The number of amides is 1. The van der Waals surface area contributed by atoms with Crippen molar-refractivity contribution in [2.24, 2.45) is 5.10 Å². The van der Waals surface area contributed by atoms with Crippen LogP contribution >= 0.6 is 0 Å². The summed E-state index contributed by atoms with van der Waals surface area (Å²) in [5.41, 5.74) is 2.25. The quantitative estimate of drug-likeness (QED) is 0.754. The van der Waals surface area contributed by atoms with Gasteiger partial charge >= 0.3 is 0 Å². The van der Waals surface area contributed by atoms with Crippen LogP contribution in [0.25, 0.3) is 0 Å². The van der Waals surface area contributed by atoms with Gasteiger partial charge in [-0.2, -0.15) is 5.10 Å². The van der Waals surface area contributed by atoms with Crippen molar-refractivity contribution >= 4 is 17.3 Å². The Kier molecular flexibility index (Phi) is 2.73. The monoisotopic (exact) mass is 220 g/mol. The summed E-state index contributed by atoms with van der Waals surface area (Å²) in [6.45, 7) is 3.73. The summed E-state index contributed by atoms with van der Waals surface area (Å²) in [7, 11) is 0. The zero-order chi connectivity index (χ0) is 11.7. The van der Waals surface area contributed by atoms with Crippen molar-refractivity contribution < 1.29 is 9.18 Å².